The predicted octanol–water partition coefficient (Wildman–Crippen LogP) is 1.53. The Bertz CT molecular complexity index is 533. The molecule has 2 aromatic rings. The Morgan fingerprint density at radius 3 is 2.88 bits per heavy atom. The molecule has 16 heavy (non-hydrogen) atoms. The summed E-state index contributed by atoms with van der Waals surface area (Å²) >= 11 is 0. The maximum Gasteiger partial charge on any atom is 0.288 e. The molecular weight excluding hydrogens is 208 g/mol. The molecule has 0 aliphatic rings. The number of fused-ring (bicyclic) bond motifs is 1. The number of hydrogen-bond acceptors (Lipinski definition) is 4. The van der Waals surface area contributed by atoms with Gasteiger partial charge in [-0.3, -0.25) is 10.1 Å². The molecule has 2 aromatic heterocycles. The number of H-pyrrole nitrogens is 1. The highest BCUT2D eigenvalue weighted by Crippen LogP contribution is 2.19. The number of rotatable bonds is 3. The molecule has 6 heteroatoms. The van der Waals surface area contributed by atoms with Gasteiger partial charge in [0, 0.05) is 23.7 Å². The van der Waals surface area contributed by atoms with Crippen molar-refractivity contribution in [3.05, 3.63) is 34.1 Å². The van der Waals surface area contributed by atoms with Crippen LogP contribution >= 0.6 is 0 Å². The number of aromatic amines is 1. The summed E-state index contributed by atoms with van der Waals surface area (Å²) in [4.78, 5) is 19.3. The van der Waals surface area contributed by atoms with E-state index in [2.05, 4.69) is 9.97 Å². The highest BCUT2D eigenvalue weighted by molar-refractivity contribution is 5.78. The quantitative estimate of drug-likeness (QED) is 0.628. The minimum absolute atomic E-state index is 0.0166. The molecule has 0 aliphatic heterocycles. The van der Waals surface area contributed by atoms with Gasteiger partial charge >= 0.3 is 0 Å². The van der Waals surface area contributed by atoms with Crippen LogP contribution in [0.4, 0.5) is 5.69 Å². The maximum absolute atomic E-state index is 10.6. The van der Waals surface area contributed by atoms with E-state index < -0.39 is 4.92 Å². The minimum Gasteiger partial charge on any atom is -0.342 e. The number of nitrogens with zero attached hydrogens (tertiary/aromatic N) is 3. The van der Waals surface area contributed by atoms with Crippen molar-refractivity contribution >= 4 is 16.7 Å². The first-order chi connectivity index (χ1) is 7.56. The number of hydrogen-bond donors (Lipinski definition) is 1. The fourth-order valence-corrected chi connectivity index (χ4v) is 1.59. The van der Waals surface area contributed by atoms with E-state index in [-0.39, 0.29) is 5.69 Å². The second-order valence-corrected chi connectivity index (χ2v) is 3.92. The third-order valence-corrected chi connectivity index (χ3v) is 2.21. The predicted molar refractivity (Wildman–Crippen MR) is 60.1 cm³/mol. The molecule has 2 rings (SSSR count). The molecule has 2 heterocycles. The maximum atomic E-state index is 10.6. The average Bonchev–Trinajstić information content (AvgIpc) is 2.56. The standard InChI is InChI=1S/C10H12N4O2/c1-13(2)6-8-3-7-4-9(14(15)16)5-11-10(7)12-8/h3-5H,6H2,1-2H3,(H,11,12). The topological polar surface area (TPSA) is 75.1 Å². The van der Waals surface area contributed by atoms with Crippen molar-refractivity contribution in [2.24, 2.45) is 0 Å². The number of nitrogens with one attached hydrogen (secondary N) is 1. The molecule has 0 unspecified atom stereocenters. The van der Waals surface area contributed by atoms with Crippen LogP contribution in [0.1, 0.15) is 5.69 Å². The van der Waals surface area contributed by atoms with E-state index in [9.17, 15) is 10.1 Å². The summed E-state index contributed by atoms with van der Waals surface area (Å²) < 4.78 is 0. The van der Waals surface area contributed by atoms with Crippen molar-refractivity contribution in [2.45, 2.75) is 6.54 Å². The van der Waals surface area contributed by atoms with Gasteiger partial charge < -0.3 is 9.88 Å². The zero-order chi connectivity index (χ0) is 11.7. The van der Waals surface area contributed by atoms with E-state index >= 15 is 0 Å². The van der Waals surface area contributed by atoms with Crippen LogP contribution in [0, 0.1) is 10.1 Å². The van der Waals surface area contributed by atoms with Crippen molar-refractivity contribution in [3.63, 3.8) is 0 Å². The Morgan fingerprint density at radius 1 is 1.50 bits per heavy atom. The molecule has 0 saturated carbocycles. The molecule has 0 saturated heterocycles. The summed E-state index contributed by atoms with van der Waals surface area (Å²) in [6.07, 6.45) is 1.26. The Kier molecular flexibility index (Phi) is 2.57. The van der Waals surface area contributed by atoms with E-state index in [1.165, 1.54) is 12.3 Å². The lowest BCUT2D eigenvalue weighted by atomic mass is 10.3. The Balaban J connectivity index is 2.42. The molecular formula is C10H12N4O2. The van der Waals surface area contributed by atoms with Crippen LogP contribution in [0.15, 0.2) is 18.3 Å². The van der Waals surface area contributed by atoms with Crippen molar-refractivity contribution in [1.82, 2.24) is 14.9 Å². The summed E-state index contributed by atoms with van der Waals surface area (Å²) in [5, 5.41) is 11.3. The largest absolute Gasteiger partial charge is 0.342 e. The molecule has 0 spiro atoms. The molecule has 0 atom stereocenters. The second-order valence-electron chi connectivity index (χ2n) is 3.92. The second kappa shape index (κ2) is 3.90. The number of pyridine rings is 1. The van der Waals surface area contributed by atoms with Crippen molar-refractivity contribution < 1.29 is 4.92 Å². The molecule has 84 valence electrons. The van der Waals surface area contributed by atoms with Gasteiger partial charge in [-0.25, -0.2) is 4.98 Å². The SMILES string of the molecule is CN(C)Cc1cc2cc([N+](=O)[O-])cnc2[nH]1. The van der Waals surface area contributed by atoms with E-state index in [4.69, 9.17) is 0 Å². The third-order valence-electron chi connectivity index (χ3n) is 2.21. The van der Waals surface area contributed by atoms with Crippen LogP contribution in [0.3, 0.4) is 0 Å². The molecule has 0 fully saturated rings. The first-order valence-electron chi connectivity index (χ1n) is 4.83. The Labute approximate surface area is 92.0 Å². The average molecular weight is 220 g/mol. The number of aromatic nitrogens is 2. The Hall–Kier alpha value is -1.95. The van der Waals surface area contributed by atoms with Gasteiger partial charge in [0.05, 0.1) is 4.92 Å². The molecule has 0 bridgehead atoms. The molecule has 0 aromatic carbocycles. The van der Waals surface area contributed by atoms with Gasteiger partial charge in [0.1, 0.15) is 11.8 Å². The lowest BCUT2D eigenvalue weighted by Gasteiger charge is -2.05. The van der Waals surface area contributed by atoms with Crippen LogP contribution < -0.4 is 0 Å². The first-order valence-corrected chi connectivity index (χ1v) is 4.83. The molecule has 1 N–H and O–H groups in total. The van der Waals surface area contributed by atoms with Crippen LogP contribution in [0.25, 0.3) is 11.0 Å². The monoisotopic (exact) mass is 220 g/mol. The van der Waals surface area contributed by atoms with Gasteiger partial charge in [-0.2, -0.15) is 0 Å². The summed E-state index contributed by atoms with van der Waals surface area (Å²) in [7, 11) is 3.92. The first kappa shape index (κ1) is 10.6. The van der Waals surface area contributed by atoms with Crippen molar-refractivity contribution in [3.8, 4) is 0 Å². The highest BCUT2D eigenvalue weighted by atomic mass is 16.6. The smallest absolute Gasteiger partial charge is 0.288 e. The van der Waals surface area contributed by atoms with Crippen molar-refractivity contribution in [2.75, 3.05) is 14.1 Å². The van der Waals surface area contributed by atoms with E-state index in [0.29, 0.717) is 5.65 Å². The molecule has 6 nitrogen and oxygen atoms in total. The third kappa shape index (κ3) is 2.01. The summed E-state index contributed by atoms with van der Waals surface area (Å²) in [5.74, 6) is 0. The minimum atomic E-state index is -0.439. The summed E-state index contributed by atoms with van der Waals surface area (Å²) in [6.45, 7) is 0.754. The lowest BCUT2D eigenvalue weighted by Crippen LogP contribution is -2.10. The van der Waals surface area contributed by atoms with Gasteiger partial charge in [0.15, 0.2) is 0 Å². The fraction of sp³-hybridized carbons (Fsp3) is 0.300. The van der Waals surface area contributed by atoms with Crippen LogP contribution in [-0.2, 0) is 6.54 Å². The highest BCUT2D eigenvalue weighted by Gasteiger charge is 2.09. The van der Waals surface area contributed by atoms with Crippen LogP contribution in [0.5, 0.6) is 0 Å². The normalized spacial score (nSPS) is 11.2. The van der Waals surface area contributed by atoms with Gasteiger partial charge in [-0.15, -0.1) is 0 Å². The lowest BCUT2D eigenvalue weighted by molar-refractivity contribution is -0.385. The van der Waals surface area contributed by atoms with Crippen molar-refractivity contribution in [1.29, 1.82) is 0 Å². The molecule has 0 radical (unpaired) electrons. The number of nitro groups is 1. The van der Waals surface area contributed by atoms with Crippen LogP contribution in [0.2, 0.25) is 0 Å². The van der Waals surface area contributed by atoms with Gasteiger partial charge in [0.2, 0.25) is 0 Å². The van der Waals surface area contributed by atoms with Crippen LogP contribution in [-0.4, -0.2) is 33.9 Å². The molecule has 0 amide bonds. The zero-order valence-corrected chi connectivity index (χ0v) is 9.10. The Morgan fingerprint density at radius 2 is 2.25 bits per heavy atom. The van der Waals surface area contributed by atoms with E-state index in [1.54, 1.807) is 0 Å². The zero-order valence-electron chi connectivity index (χ0n) is 9.10. The fourth-order valence-electron chi connectivity index (χ4n) is 1.59. The summed E-state index contributed by atoms with van der Waals surface area (Å²) in [6, 6.07) is 3.41. The van der Waals surface area contributed by atoms with Gasteiger partial charge in [-0.05, 0) is 20.2 Å². The van der Waals surface area contributed by atoms with Gasteiger partial charge in [0.25, 0.3) is 5.69 Å². The molecule has 0 aliphatic carbocycles. The summed E-state index contributed by atoms with van der Waals surface area (Å²) in [5.41, 5.74) is 1.69. The van der Waals surface area contributed by atoms with Gasteiger partial charge in [-0.1, -0.05) is 0 Å². The van der Waals surface area contributed by atoms with E-state index in [1.807, 2.05) is 25.1 Å². The van der Waals surface area contributed by atoms with E-state index in [0.717, 1.165) is 17.6 Å².